The van der Waals surface area contributed by atoms with Gasteiger partial charge in [0.2, 0.25) is 0 Å². The summed E-state index contributed by atoms with van der Waals surface area (Å²) in [5, 5.41) is 7.53. The summed E-state index contributed by atoms with van der Waals surface area (Å²) in [6, 6.07) is 12.8. The minimum atomic E-state index is -0.566. The number of rotatable bonds is 5. The topological polar surface area (TPSA) is 62.6 Å². The molecule has 2 heterocycles. The van der Waals surface area contributed by atoms with Gasteiger partial charge in [0.1, 0.15) is 12.6 Å². The molecular weight excluding hydrogens is 346 g/mol. The highest BCUT2D eigenvalue weighted by Gasteiger charge is 2.30. The average Bonchev–Trinajstić information content (AvgIpc) is 3.15. The number of carbonyl (C=O) groups excluding carboxylic acids is 2. The molecule has 3 rings (SSSR count). The van der Waals surface area contributed by atoms with Gasteiger partial charge >= 0.3 is 11.8 Å². The lowest BCUT2D eigenvalue weighted by atomic mass is 9.98. The first-order valence-corrected chi connectivity index (χ1v) is 9.96. The van der Waals surface area contributed by atoms with E-state index in [4.69, 9.17) is 0 Å². The molecular formula is C20H26N3O2S+. The van der Waals surface area contributed by atoms with Crippen LogP contribution in [0.4, 0.5) is 0 Å². The van der Waals surface area contributed by atoms with E-state index in [-0.39, 0.29) is 12.1 Å². The Labute approximate surface area is 158 Å². The van der Waals surface area contributed by atoms with Gasteiger partial charge in [0, 0.05) is 18.0 Å². The Hall–Kier alpha value is -2.18. The number of thiophene rings is 1. The summed E-state index contributed by atoms with van der Waals surface area (Å²) < 4.78 is 0. The minimum Gasteiger partial charge on any atom is -0.346 e. The Morgan fingerprint density at radius 3 is 2.58 bits per heavy atom. The molecule has 0 radical (unpaired) electrons. The molecule has 138 valence electrons. The van der Waals surface area contributed by atoms with E-state index in [0.29, 0.717) is 6.54 Å². The molecule has 2 aromatic rings. The highest BCUT2D eigenvalue weighted by Crippen LogP contribution is 2.18. The van der Waals surface area contributed by atoms with Crippen LogP contribution in [0.5, 0.6) is 0 Å². The number of hydrogen-bond donors (Lipinski definition) is 3. The second-order valence-corrected chi connectivity index (χ2v) is 7.99. The Bertz CT molecular complexity index is 758. The SMILES string of the molecule is CC(C)NC(=O)C(=O)NC[C@@H](c1cccs1)[NH+]1CCc2ccccc2C1. The Kier molecular flexibility index (Phi) is 6.06. The molecule has 0 aliphatic carbocycles. The molecule has 2 amide bonds. The van der Waals surface area contributed by atoms with Crippen molar-refractivity contribution in [3.63, 3.8) is 0 Å². The summed E-state index contributed by atoms with van der Waals surface area (Å²) in [5.74, 6) is -1.12. The lowest BCUT2D eigenvalue weighted by Gasteiger charge is -2.32. The summed E-state index contributed by atoms with van der Waals surface area (Å²) in [4.78, 5) is 26.6. The van der Waals surface area contributed by atoms with Gasteiger partial charge in [0.25, 0.3) is 0 Å². The van der Waals surface area contributed by atoms with Crippen molar-refractivity contribution >= 4 is 23.2 Å². The smallest absolute Gasteiger partial charge is 0.309 e. The van der Waals surface area contributed by atoms with Crippen LogP contribution in [0.25, 0.3) is 0 Å². The fourth-order valence-corrected chi connectivity index (χ4v) is 4.32. The lowest BCUT2D eigenvalue weighted by molar-refractivity contribution is -0.945. The molecule has 6 heteroatoms. The quantitative estimate of drug-likeness (QED) is 0.688. The molecule has 1 aromatic carbocycles. The van der Waals surface area contributed by atoms with Crippen LogP contribution in [0.15, 0.2) is 41.8 Å². The molecule has 0 fully saturated rings. The fraction of sp³-hybridized carbons (Fsp3) is 0.400. The number of carbonyl (C=O) groups is 2. The van der Waals surface area contributed by atoms with E-state index < -0.39 is 11.8 Å². The molecule has 0 spiro atoms. The Morgan fingerprint density at radius 1 is 1.12 bits per heavy atom. The van der Waals surface area contributed by atoms with Gasteiger partial charge < -0.3 is 15.5 Å². The van der Waals surface area contributed by atoms with Crippen LogP contribution < -0.4 is 15.5 Å². The normalized spacial score (nSPS) is 17.4. The first-order chi connectivity index (χ1) is 12.5. The average molecular weight is 373 g/mol. The van der Waals surface area contributed by atoms with E-state index in [0.717, 1.165) is 19.5 Å². The maximum absolute atomic E-state index is 12.1. The molecule has 1 aliphatic heterocycles. The summed E-state index contributed by atoms with van der Waals surface area (Å²) in [6.07, 6.45) is 1.04. The maximum Gasteiger partial charge on any atom is 0.309 e. The van der Waals surface area contributed by atoms with Gasteiger partial charge in [-0.3, -0.25) is 9.59 Å². The molecule has 26 heavy (non-hydrogen) atoms. The van der Waals surface area contributed by atoms with E-state index in [1.807, 2.05) is 19.9 Å². The Morgan fingerprint density at radius 2 is 1.88 bits per heavy atom. The number of nitrogens with one attached hydrogen (secondary N) is 3. The van der Waals surface area contributed by atoms with E-state index in [1.165, 1.54) is 20.9 Å². The summed E-state index contributed by atoms with van der Waals surface area (Å²) >= 11 is 1.70. The van der Waals surface area contributed by atoms with Crippen molar-refractivity contribution < 1.29 is 14.5 Å². The zero-order valence-corrected chi connectivity index (χ0v) is 16.1. The molecule has 1 aromatic heterocycles. The minimum absolute atomic E-state index is 0.0504. The third kappa shape index (κ3) is 4.51. The number of fused-ring (bicyclic) bond motifs is 1. The van der Waals surface area contributed by atoms with E-state index in [1.54, 1.807) is 11.3 Å². The van der Waals surface area contributed by atoms with Crippen LogP contribution >= 0.6 is 11.3 Å². The van der Waals surface area contributed by atoms with Crippen LogP contribution in [-0.4, -0.2) is 30.9 Å². The van der Waals surface area contributed by atoms with Gasteiger partial charge in [-0.2, -0.15) is 0 Å². The highest BCUT2D eigenvalue weighted by molar-refractivity contribution is 7.10. The summed E-state index contributed by atoms with van der Waals surface area (Å²) in [7, 11) is 0. The van der Waals surface area contributed by atoms with Gasteiger partial charge in [-0.1, -0.05) is 30.3 Å². The van der Waals surface area contributed by atoms with Crippen LogP contribution in [-0.2, 0) is 22.6 Å². The maximum atomic E-state index is 12.1. The van der Waals surface area contributed by atoms with Crippen molar-refractivity contribution in [2.75, 3.05) is 13.1 Å². The molecule has 2 atom stereocenters. The molecule has 1 aliphatic rings. The zero-order valence-electron chi connectivity index (χ0n) is 15.2. The van der Waals surface area contributed by atoms with Crippen LogP contribution in [0.2, 0.25) is 0 Å². The third-order valence-electron chi connectivity index (χ3n) is 4.72. The number of amides is 2. The zero-order chi connectivity index (χ0) is 18.5. The van der Waals surface area contributed by atoms with Crippen LogP contribution in [0, 0.1) is 0 Å². The van der Waals surface area contributed by atoms with E-state index in [2.05, 4.69) is 46.3 Å². The van der Waals surface area contributed by atoms with Gasteiger partial charge in [-0.25, -0.2) is 0 Å². The monoisotopic (exact) mass is 372 g/mol. The predicted octanol–water partition coefficient (Wildman–Crippen LogP) is 1.07. The van der Waals surface area contributed by atoms with Crippen molar-refractivity contribution in [1.82, 2.24) is 10.6 Å². The number of benzene rings is 1. The molecule has 3 N–H and O–H groups in total. The predicted molar refractivity (Wildman–Crippen MR) is 103 cm³/mol. The highest BCUT2D eigenvalue weighted by atomic mass is 32.1. The van der Waals surface area contributed by atoms with Gasteiger partial charge in [-0.15, -0.1) is 11.3 Å². The van der Waals surface area contributed by atoms with Gasteiger partial charge in [0.05, 0.1) is 18.0 Å². The van der Waals surface area contributed by atoms with Crippen LogP contribution in [0.3, 0.4) is 0 Å². The number of hydrogen-bond acceptors (Lipinski definition) is 3. The molecule has 0 bridgehead atoms. The standard InChI is InChI=1S/C20H25N3O2S/c1-14(2)22-20(25)19(24)21-12-17(18-8-5-11-26-18)23-10-9-15-6-3-4-7-16(15)13-23/h3-8,11,14,17H,9-10,12-13H2,1-2H3,(H,21,24)(H,22,25)/p+1/t17-/m0/s1. The Balaban J connectivity index is 1.69. The van der Waals surface area contributed by atoms with E-state index in [9.17, 15) is 9.59 Å². The summed E-state index contributed by atoms with van der Waals surface area (Å²) in [6.45, 7) is 6.10. The first-order valence-electron chi connectivity index (χ1n) is 9.08. The summed E-state index contributed by atoms with van der Waals surface area (Å²) in [5.41, 5.74) is 2.79. The fourth-order valence-electron chi connectivity index (χ4n) is 3.44. The van der Waals surface area contributed by atoms with Gasteiger partial charge in [-0.05, 0) is 30.9 Å². The first kappa shape index (κ1) is 18.6. The van der Waals surface area contributed by atoms with Crippen molar-refractivity contribution in [3.8, 4) is 0 Å². The van der Waals surface area contributed by atoms with Crippen molar-refractivity contribution in [2.24, 2.45) is 0 Å². The lowest BCUT2D eigenvalue weighted by Crippen LogP contribution is -3.12. The molecule has 1 unspecified atom stereocenters. The largest absolute Gasteiger partial charge is 0.346 e. The third-order valence-corrected chi connectivity index (χ3v) is 5.71. The molecule has 5 nitrogen and oxygen atoms in total. The van der Waals surface area contributed by atoms with Crippen molar-refractivity contribution in [3.05, 3.63) is 57.8 Å². The van der Waals surface area contributed by atoms with Crippen molar-refractivity contribution in [1.29, 1.82) is 0 Å². The van der Waals surface area contributed by atoms with Crippen molar-refractivity contribution in [2.45, 2.75) is 38.9 Å². The molecule has 0 saturated carbocycles. The number of quaternary nitrogens is 1. The molecule has 0 saturated heterocycles. The van der Waals surface area contributed by atoms with E-state index >= 15 is 0 Å². The van der Waals surface area contributed by atoms with Gasteiger partial charge in [0.15, 0.2) is 0 Å². The van der Waals surface area contributed by atoms with Crippen LogP contribution in [0.1, 0.15) is 35.9 Å². The second kappa shape index (κ2) is 8.47. The second-order valence-electron chi connectivity index (χ2n) is 7.01.